The molecule has 1 N–H and O–H groups in total. The lowest BCUT2D eigenvalue weighted by atomic mass is 10.1. The third-order valence-electron chi connectivity index (χ3n) is 5.41. The highest BCUT2D eigenvalue weighted by molar-refractivity contribution is 9.10. The Balaban J connectivity index is 1.21. The molecule has 176 valence electrons. The Labute approximate surface area is 201 Å². The molecule has 8 nitrogen and oxygen atoms in total. The number of aromatic nitrogens is 1. The number of amides is 1. The van der Waals surface area contributed by atoms with Crippen molar-refractivity contribution in [2.24, 2.45) is 0 Å². The smallest absolute Gasteiger partial charge is 0.417 e. The number of rotatable bonds is 7. The number of ether oxygens (including phenoxy) is 1. The van der Waals surface area contributed by atoms with E-state index in [0.717, 1.165) is 10.0 Å². The molecule has 3 aromatic rings. The summed E-state index contributed by atoms with van der Waals surface area (Å²) in [6, 6.07) is 10.2. The summed E-state index contributed by atoms with van der Waals surface area (Å²) < 4.78 is 36.7. The summed E-state index contributed by atoms with van der Waals surface area (Å²) in [5.41, 5.74) is 2.22. The highest BCUT2D eigenvalue weighted by Crippen LogP contribution is 2.19. The van der Waals surface area contributed by atoms with Crippen LogP contribution in [0.2, 0.25) is 0 Å². The molecule has 2 aromatic carbocycles. The quantitative estimate of drug-likeness (QED) is 0.461. The molecular formula is C22H23BrFN3O5S. The van der Waals surface area contributed by atoms with Crippen molar-refractivity contribution in [1.29, 1.82) is 0 Å². The number of piperazine rings is 1. The number of carbonyl (C=O) groups excluding carboxylic acids is 1. The largest absolute Gasteiger partial charge is 0.611 e. The highest BCUT2D eigenvalue weighted by Gasteiger charge is 2.24. The average Bonchev–Trinajstić information content (AvgIpc) is 3.20. The SMILES string of the molecule is O=C(OCc1cc(Br)cc(CF)c1)N1CCN(CC[S@@+]([O-])c2ccc3[nH]c(=O)oc3c2)CC1. The number of nitrogens with zero attached hydrogens (tertiary/aromatic N) is 2. The number of hydrogen-bond acceptors (Lipinski definition) is 6. The number of nitrogens with one attached hydrogen (secondary N) is 1. The van der Waals surface area contributed by atoms with Crippen molar-refractivity contribution < 1.29 is 22.9 Å². The van der Waals surface area contributed by atoms with E-state index in [4.69, 9.17) is 9.15 Å². The molecule has 0 saturated carbocycles. The first-order valence-electron chi connectivity index (χ1n) is 10.4. The number of carbonyl (C=O) groups is 1. The van der Waals surface area contributed by atoms with Crippen molar-refractivity contribution in [3.8, 4) is 0 Å². The van der Waals surface area contributed by atoms with Crippen LogP contribution in [0.5, 0.6) is 0 Å². The molecule has 33 heavy (non-hydrogen) atoms. The summed E-state index contributed by atoms with van der Waals surface area (Å²) in [6.45, 7) is 2.46. The monoisotopic (exact) mass is 539 g/mol. The zero-order valence-corrected chi connectivity index (χ0v) is 20.1. The molecular weight excluding hydrogens is 517 g/mol. The molecule has 1 aliphatic heterocycles. The molecule has 11 heteroatoms. The average molecular weight is 540 g/mol. The molecule has 1 fully saturated rings. The molecule has 0 radical (unpaired) electrons. The van der Waals surface area contributed by atoms with Gasteiger partial charge in [-0.25, -0.2) is 14.0 Å². The Morgan fingerprint density at radius 1 is 1.18 bits per heavy atom. The van der Waals surface area contributed by atoms with Crippen molar-refractivity contribution >= 4 is 44.3 Å². The van der Waals surface area contributed by atoms with E-state index < -0.39 is 29.7 Å². The van der Waals surface area contributed by atoms with Crippen LogP contribution in [0.3, 0.4) is 0 Å². The van der Waals surface area contributed by atoms with E-state index in [0.29, 0.717) is 60.0 Å². The summed E-state index contributed by atoms with van der Waals surface area (Å²) in [7, 11) is 0. The van der Waals surface area contributed by atoms with Gasteiger partial charge in [0.2, 0.25) is 0 Å². The van der Waals surface area contributed by atoms with Crippen molar-refractivity contribution in [3.63, 3.8) is 0 Å². The Kier molecular flexibility index (Phi) is 7.74. The van der Waals surface area contributed by atoms with Crippen LogP contribution in [-0.2, 0) is 29.2 Å². The fraction of sp³-hybridized carbons (Fsp3) is 0.364. The fourth-order valence-corrected chi connectivity index (χ4v) is 5.37. The molecule has 0 bridgehead atoms. The molecule has 1 aliphatic rings. The Bertz CT molecular complexity index is 1180. The molecule has 1 saturated heterocycles. The van der Waals surface area contributed by atoms with Gasteiger partial charge in [-0.1, -0.05) is 15.9 Å². The second-order valence-corrected chi connectivity index (χ2v) is 10.2. The van der Waals surface area contributed by atoms with E-state index in [1.54, 1.807) is 41.3 Å². The van der Waals surface area contributed by atoms with Crippen LogP contribution in [0, 0.1) is 0 Å². The zero-order valence-electron chi connectivity index (χ0n) is 17.7. The lowest BCUT2D eigenvalue weighted by Crippen LogP contribution is -2.49. The Morgan fingerprint density at radius 2 is 1.94 bits per heavy atom. The van der Waals surface area contributed by atoms with E-state index in [1.165, 1.54) is 0 Å². The third-order valence-corrected chi connectivity index (χ3v) is 7.20. The van der Waals surface area contributed by atoms with E-state index in [1.807, 2.05) is 0 Å². The van der Waals surface area contributed by atoms with Gasteiger partial charge in [0, 0.05) is 43.3 Å². The van der Waals surface area contributed by atoms with Gasteiger partial charge in [0.05, 0.1) is 5.52 Å². The number of alkyl halides is 1. The van der Waals surface area contributed by atoms with Gasteiger partial charge in [0.1, 0.15) is 19.0 Å². The maximum atomic E-state index is 12.9. The van der Waals surface area contributed by atoms with Gasteiger partial charge in [-0.05, 0) is 52.6 Å². The van der Waals surface area contributed by atoms with Crippen LogP contribution in [0.15, 0.2) is 55.0 Å². The minimum Gasteiger partial charge on any atom is -0.611 e. The molecule has 1 atom stereocenters. The van der Waals surface area contributed by atoms with Gasteiger partial charge in [-0.15, -0.1) is 0 Å². The summed E-state index contributed by atoms with van der Waals surface area (Å²) in [6.07, 6.45) is -0.402. The van der Waals surface area contributed by atoms with Gasteiger partial charge >= 0.3 is 11.8 Å². The van der Waals surface area contributed by atoms with Gasteiger partial charge in [0.15, 0.2) is 10.5 Å². The number of oxazole rings is 1. The summed E-state index contributed by atoms with van der Waals surface area (Å²) in [4.78, 5) is 30.6. The first-order valence-corrected chi connectivity index (χ1v) is 12.5. The van der Waals surface area contributed by atoms with Crippen molar-refractivity contribution in [2.75, 3.05) is 38.5 Å². The number of H-pyrrole nitrogens is 1. The van der Waals surface area contributed by atoms with E-state index in [2.05, 4.69) is 25.8 Å². The van der Waals surface area contributed by atoms with E-state index in [-0.39, 0.29) is 6.61 Å². The predicted molar refractivity (Wildman–Crippen MR) is 125 cm³/mol. The number of aromatic amines is 1. The summed E-state index contributed by atoms with van der Waals surface area (Å²) in [5, 5.41) is 0. The second kappa shape index (κ2) is 10.7. The van der Waals surface area contributed by atoms with Crippen LogP contribution < -0.4 is 5.76 Å². The van der Waals surface area contributed by atoms with Crippen LogP contribution in [0.4, 0.5) is 9.18 Å². The summed E-state index contributed by atoms with van der Waals surface area (Å²) >= 11 is 2.10. The maximum absolute atomic E-state index is 12.9. The molecule has 0 spiro atoms. The first kappa shape index (κ1) is 23.8. The van der Waals surface area contributed by atoms with Gasteiger partial charge < -0.3 is 18.6 Å². The molecule has 1 amide bonds. The molecule has 0 aliphatic carbocycles. The molecule has 1 aromatic heterocycles. The van der Waals surface area contributed by atoms with E-state index >= 15 is 0 Å². The number of fused-ring (bicyclic) bond motifs is 1. The Morgan fingerprint density at radius 3 is 2.70 bits per heavy atom. The molecule has 4 rings (SSSR count). The normalized spacial score (nSPS) is 15.7. The fourth-order valence-electron chi connectivity index (χ4n) is 3.67. The van der Waals surface area contributed by atoms with Crippen LogP contribution in [0.1, 0.15) is 11.1 Å². The number of benzene rings is 2. The molecule has 2 heterocycles. The highest BCUT2D eigenvalue weighted by atomic mass is 79.9. The van der Waals surface area contributed by atoms with Crippen molar-refractivity contribution in [1.82, 2.24) is 14.8 Å². The van der Waals surface area contributed by atoms with Gasteiger partial charge in [-0.3, -0.25) is 9.88 Å². The van der Waals surface area contributed by atoms with Crippen LogP contribution >= 0.6 is 15.9 Å². The lowest BCUT2D eigenvalue weighted by molar-refractivity contribution is 0.0729. The minimum atomic E-state index is -1.23. The van der Waals surface area contributed by atoms with E-state index in [9.17, 15) is 18.5 Å². The number of halogens is 2. The van der Waals surface area contributed by atoms with Crippen LogP contribution in [-0.4, -0.2) is 63.9 Å². The molecule has 0 unspecified atom stereocenters. The zero-order chi connectivity index (χ0) is 23.4. The first-order chi connectivity index (χ1) is 15.9. The minimum absolute atomic E-state index is 0.0794. The topological polar surface area (TPSA) is 102 Å². The predicted octanol–water partition coefficient (Wildman–Crippen LogP) is 3.42. The van der Waals surface area contributed by atoms with Crippen LogP contribution in [0.25, 0.3) is 11.1 Å². The lowest BCUT2D eigenvalue weighted by Gasteiger charge is -2.33. The standard InChI is InChI=1S/C22H23BrFN3O5S/c23-17-10-15(13-24)9-16(11-17)14-31-22(29)27-5-3-26(4-6-27)7-8-33(30)18-1-2-19-20(12-18)32-21(28)25-19/h1-2,9-12H,3-8,13-14H2,(H,25,28)/t33-/m1/s1. The van der Waals surface area contributed by atoms with Gasteiger partial charge in [0.25, 0.3) is 0 Å². The number of hydrogen-bond donors (Lipinski definition) is 1. The van der Waals surface area contributed by atoms with Crippen molar-refractivity contribution in [3.05, 3.63) is 62.5 Å². The Hall–Kier alpha value is -2.34. The maximum Gasteiger partial charge on any atom is 0.417 e. The van der Waals surface area contributed by atoms with Gasteiger partial charge in [-0.2, -0.15) is 0 Å². The summed E-state index contributed by atoms with van der Waals surface area (Å²) in [5.74, 6) is -0.102. The van der Waals surface area contributed by atoms with Crippen molar-refractivity contribution in [2.45, 2.75) is 18.2 Å². The third kappa shape index (κ3) is 6.17. The second-order valence-electron chi connectivity index (χ2n) is 7.71.